The van der Waals surface area contributed by atoms with E-state index in [0.717, 1.165) is 10.8 Å². The van der Waals surface area contributed by atoms with Crippen molar-refractivity contribution in [3.05, 3.63) is 65.1 Å². The topological polar surface area (TPSA) is 144 Å². The van der Waals surface area contributed by atoms with Gasteiger partial charge in [-0.05, 0) is 55.0 Å². The molecule has 0 spiro atoms. The number of benzene rings is 2. The maximum atomic E-state index is 12.6. The van der Waals surface area contributed by atoms with Crippen LogP contribution in [0.1, 0.15) is 13.3 Å². The van der Waals surface area contributed by atoms with Crippen LogP contribution in [0.25, 0.3) is 21.8 Å². The Kier molecular flexibility index (Phi) is 6.30. The van der Waals surface area contributed by atoms with Gasteiger partial charge in [0.25, 0.3) is 15.6 Å². The third-order valence-corrected chi connectivity index (χ3v) is 5.84. The summed E-state index contributed by atoms with van der Waals surface area (Å²) in [5.41, 5.74) is 1.27. The van der Waals surface area contributed by atoms with Gasteiger partial charge in [-0.2, -0.15) is 0 Å². The number of carbonyl (C=O) groups is 1. The number of anilines is 1. The number of hydrogen-bond donors (Lipinski definition) is 3. The molecule has 0 saturated heterocycles. The van der Waals surface area contributed by atoms with E-state index in [1.54, 1.807) is 42.6 Å². The van der Waals surface area contributed by atoms with Crippen LogP contribution in [-0.2, 0) is 14.8 Å². The van der Waals surface area contributed by atoms with Crippen molar-refractivity contribution in [3.63, 3.8) is 0 Å². The molecular weight excluding hydrogens is 422 g/mol. The minimum Gasteiger partial charge on any atom is -0.550 e. The Balaban J connectivity index is 0.000000491. The van der Waals surface area contributed by atoms with Gasteiger partial charge in [0, 0.05) is 34.1 Å². The molecule has 0 radical (unpaired) electrons. The molecule has 0 fully saturated rings. The van der Waals surface area contributed by atoms with Crippen molar-refractivity contribution in [1.82, 2.24) is 9.97 Å². The van der Waals surface area contributed by atoms with E-state index in [-0.39, 0.29) is 16.9 Å². The van der Waals surface area contributed by atoms with Crippen molar-refractivity contribution in [2.75, 3.05) is 11.8 Å². The SMILES string of the molecule is CCC(=O)[O-].COc1ccc(S(=O)(=O)Nc2ccc3[nH]c(=O)c4[nH]ccc4c3c2)cc1. The van der Waals surface area contributed by atoms with Gasteiger partial charge in [0.2, 0.25) is 0 Å². The van der Waals surface area contributed by atoms with E-state index in [9.17, 15) is 23.1 Å². The Hall–Kier alpha value is -3.79. The Bertz CT molecular complexity index is 1390. The molecule has 0 saturated carbocycles. The molecule has 0 aliphatic carbocycles. The van der Waals surface area contributed by atoms with Crippen LogP contribution in [0.4, 0.5) is 5.69 Å². The van der Waals surface area contributed by atoms with E-state index in [1.807, 2.05) is 0 Å². The van der Waals surface area contributed by atoms with Gasteiger partial charge >= 0.3 is 0 Å². The smallest absolute Gasteiger partial charge is 0.272 e. The zero-order valence-electron chi connectivity index (χ0n) is 16.8. The van der Waals surface area contributed by atoms with Crippen LogP contribution in [0.5, 0.6) is 5.75 Å². The third kappa shape index (κ3) is 4.86. The minimum absolute atomic E-state index is 0.111. The number of carbonyl (C=O) groups excluding carboxylic acids is 1. The molecule has 0 aliphatic heterocycles. The lowest BCUT2D eigenvalue weighted by Gasteiger charge is -2.10. The number of rotatable bonds is 5. The Morgan fingerprint density at radius 3 is 2.39 bits per heavy atom. The molecular formula is C21H20N3O6S-. The Morgan fingerprint density at radius 1 is 1.10 bits per heavy atom. The molecule has 4 rings (SSSR count). The maximum Gasteiger partial charge on any atom is 0.272 e. The fourth-order valence-electron chi connectivity index (χ4n) is 2.88. The number of ether oxygens (including phenoxy) is 1. The molecule has 0 amide bonds. The first-order valence-corrected chi connectivity index (χ1v) is 10.7. The summed E-state index contributed by atoms with van der Waals surface area (Å²) in [7, 11) is -2.22. The van der Waals surface area contributed by atoms with Crippen molar-refractivity contribution in [3.8, 4) is 5.75 Å². The highest BCUT2D eigenvalue weighted by molar-refractivity contribution is 7.92. The molecule has 2 aromatic carbocycles. The lowest BCUT2D eigenvalue weighted by molar-refractivity contribution is -0.305. The van der Waals surface area contributed by atoms with Gasteiger partial charge in [0.1, 0.15) is 11.3 Å². The van der Waals surface area contributed by atoms with Gasteiger partial charge in [-0.1, -0.05) is 6.92 Å². The summed E-state index contributed by atoms with van der Waals surface area (Å²) in [6.07, 6.45) is 1.79. The van der Waals surface area contributed by atoms with Gasteiger partial charge in [-0.15, -0.1) is 0 Å². The van der Waals surface area contributed by atoms with Crippen LogP contribution in [0, 0.1) is 0 Å². The number of aromatic nitrogens is 2. The number of sulfonamides is 1. The molecule has 3 N–H and O–H groups in total. The van der Waals surface area contributed by atoms with Crippen LogP contribution in [-0.4, -0.2) is 31.5 Å². The second-order valence-electron chi connectivity index (χ2n) is 6.49. The number of hydrogen-bond acceptors (Lipinski definition) is 6. The number of aliphatic carboxylic acids is 1. The van der Waals surface area contributed by atoms with Crippen LogP contribution >= 0.6 is 0 Å². The van der Waals surface area contributed by atoms with E-state index in [2.05, 4.69) is 14.7 Å². The summed E-state index contributed by atoms with van der Waals surface area (Å²) < 4.78 is 32.8. The van der Waals surface area contributed by atoms with E-state index >= 15 is 0 Å². The van der Waals surface area contributed by atoms with Crippen molar-refractivity contribution in [1.29, 1.82) is 0 Å². The molecule has 31 heavy (non-hydrogen) atoms. The highest BCUT2D eigenvalue weighted by Crippen LogP contribution is 2.25. The van der Waals surface area contributed by atoms with Crippen molar-refractivity contribution in [2.45, 2.75) is 18.2 Å². The predicted molar refractivity (Wildman–Crippen MR) is 116 cm³/mol. The summed E-state index contributed by atoms with van der Waals surface area (Å²) in [6, 6.07) is 12.9. The monoisotopic (exact) mass is 442 g/mol. The fourth-order valence-corrected chi connectivity index (χ4v) is 3.92. The molecule has 2 aromatic heterocycles. The number of methoxy groups -OCH3 is 1. The van der Waals surface area contributed by atoms with E-state index in [4.69, 9.17) is 4.74 Å². The van der Waals surface area contributed by atoms with Crippen LogP contribution in [0.2, 0.25) is 0 Å². The molecule has 0 bridgehead atoms. The number of fused-ring (bicyclic) bond motifs is 3. The molecule has 0 aliphatic rings. The average molecular weight is 442 g/mol. The lowest BCUT2D eigenvalue weighted by Crippen LogP contribution is -2.19. The van der Waals surface area contributed by atoms with E-state index < -0.39 is 16.0 Å². The highest BCUT2D eigenvalue weighted by Gasteiger charge is 2.15. The number of carboxylic acids is 1. The van der Waals surface area contributed by atoms with Gasteiger partial charge < -0.3 is 24.6 Å². The van der Waals surface area contributed by atoms with Gasteiger partial charge in [-0.25, -0.2) is 8.42 Å². The van der Waals surface area contributed by atoms with Crippen molar-refractivity contribution < 1.29 is 23.1 Å². The molecule has 162 valence electrons. The molecule has 0 atom stereocenters. The van der Waals surface area contributed by atoms with E-state index in [0.29, 0.717) is 22.5 Å². The quantitative estimate of drug-likeness (QED) is 0.431. The maximum absolute atomic E-state index is 12.6. The van der Waals surface area contributed by atoms with Crippen molar-refractivity contribution in [2.24, 2.45) is 0 Å². The van der Waals surface area contributed by atoms with Crippen molar-refractivity contribution >= 4 is 43.5 Å². The molecule has 4 aromatic rings. The third-order valence-electron chi connectivity index (χ3n) is 4.44. The first kappa shape index (κ1) is 21.9. The summed E-state index contributed by atoms with van der Waals surface area (Å²) in [6.45, 7) is 1.54. The van der Waals surface area contributed by atoms with Gasteiger partial charge in [0.15, 0.2) is 0 Å². The first-order valence-electron chi connectivity index (χ1n) is 9.25. The average Bonchev–Trinajstić information content (AvgIpc) is 3.25. The summed E-state index contributed by atoms with van der Waals surface area (Å²) in [4.78, 5) is 27.0. The van der Waals surface area contributed by atoms with Crippen LogP contribution in [0.3, 0.4) is 0 Å². The summed E-state index contributed by atoms with van der Waals surface area (Å²) in [5, 5.41) is 10.7. The zero-order chi connectivity index (χ0) is 22.6. The van der Waals surface area contributed by atoms with Crippen LogP contribution < -0.4 is 20.1 Å². The summed E-state index contributed by atoms with van der Waals surface area (Å²) in [5.74, 6) is -0.418. The van der Waals surface area contributed by atoms with E-state index in [1.165, 1.54) is 26.2 Å². The second-order valence-corrected chi connectivity index (χ2v) is 8.17. The number of nitrogens with one attached hydrogen (secondary N) is 3. The normalized spacial score (nSPS) is 11.0. The first-order chi connectivity index (χ1) is 14.7. The Morgan fingerprint density at radius 2 is 1.77 bits per heavy atom. The largest absolute Gasteiger partial charge is 0.550 e. The van der Waals surface area contributed by atoms with Gasteiger partial charge in [-0.3, -0.25) is 9.52 Å². The zero-order valence-corrected chi connectivity index (χ0v) is 17.6. The Labute approximate surface area is 177 Å². The van der Waals surface area contributed by atoms with Crippen LogP contribution in [0.15, 0.2) is 64.4 Å². The standard InChI is InChI=1S/C18H15N3O4S.C3H6O2/c1-25-12-3-5-13(6-4-12)26(23,24)21-11-2-7-16-15(10-11)14-8-9-19-17(14)18(22)20-16;1-2-3(4)5/h2-10,19,21H,1H3,(H,20,22);2H2,1H3,(H,4,5)/p-1. The molecule has 9 nitrogen and oxygen atoms in total. The second kappa shape index (κ2) is 8.92. The molecule has 10 heteroatoms. The molecule has 2 heterocycles. The minimum atomic E-state index is -3.74. The lowest BCUT2D eigenvalue weighted by atomic mass is 10.1. The summed E-state index contributed by atoms with van der Waals surface area (Å²) >= 11 is 0. The molecule has 0 unspecified atom stereocenters. The number of carboxylic acid groups (broad SMARTS) is 1. The number of H-pyrrole nitrogens is 2. The number of pyridine rings is 1. The fraction of sp³-hybridized carbons (Fsp3) is 0.143. The highest BCUT2D eigenvalue weighted by atomic mass is 32.2. The van der Waals surface area contributed by atoms with Gasteiger partial charge in [0.05, 0.1) is 12.0 Å². The number of aromatic amines is 2. The predicted octanol–water partition coefficient (Wildman–Crippen LogP) is 1.97.